The molecule has 0 saturated heterocycles. The molecule has 0 atom stereocenters. The van der Waals surface area contributed by atoms with Crippen LogP contribution in [0.3, 0.4) is 0 Å². The molecule has 0 spiro atoms. The number of aryl methyl sites for hydroxylation is 2. The number of amides is 1. The molecule has 1 amide bonds. The Hall–Kier alpha value is -1.86. The van der Waals surface area contributed by atoms with Crippen LogP contribution < -0.4 is 9.62 Å². The van der Waals surface area contributed by atoms with Crippen molar-refractivity contribution >= 4 is 43.2 Å². The van der Waals surface area contributed by atoms with Crippen molar-refractivity contribution in [1.29, 1.82) is 0 Å². The second-order valence-electron chi connectivity index (χ2n) is 6.45. The fourth-order valence-electron chi connectivity index (χ4n) is 3.50. The van der Waals surface area contributed by atoms with Crippen LogP contribution in [0.2, 0.25) is 0 Å². The first-order valence-electron chi connectivity index (χ1n) is 8.10. The summed E-state index contributed by atoms with van der Waals surface area (Å²) in [6.07, 6.45) is 1.74. The summed E-state index contributed by atoms with van der Waals surface area (Å²) in [6.45, 7) is 2.55. The standard InChI is InChI=1S/C18H17BrN2O3S/c1-11-8-14(3-4-16(11)19)20-25(23,24)15-9-12-2-5-17(22)21-7-6-13(10-15)18(12)21/h3-4,8-10,20H,2,5-7H2,1H3. The molecule has 130 valence electrons. The molecule has 0 aromatic heterocycles. The van der Waals surface area contributed by atoms with Crippen LogP contribution in [-0.4, -0.2) is 20.9 Å². The van der Waals surface area contributed by atoms with E-state index in [1.165, 1.54) is 0 Å². The van der Waals surface area contributed by atoms with E-state index in [4.69, 9.17) is 0 Å². The molecule has 0 saturated carbocycles. The minimum Gasteiger partial charge on any atom is -0.312 e. The van der Waals surface area contributed by atoms with Crippen molar-refractivity contribution in [2.45, 2.75) is 31.1 Å². The topological polar surface area (TPSA) is 66.5 Å². The highest BCUT2D eigenvalue weighted by molar-refractivity contribution is 9.10. The highest BCUT2D eigenvalue weighted by Crippen LogP contribution is 2.38. The van der Waals surface area contributed by atoms with Gasteiger partial charge in [-0.15, -0.1) is 0 Å². The van der Waals surface area contributed by atoms with Gasteiger partial charge in [-0.3, -0.25) is 9.52 Å². The van der Waals surface area contributed by atoms with Gasteiger partial charge in [0.25, 0.3) is 10.0 Å². The molecule has 0 aliphatic carbocycles. The second-order valence-corrected chi connectivity index (χ2v) is 8.99. The average molecular weight is 421 g/mol. The summed E-state index contributed by atoms with van der Waals surface area (Å²) < 4.78 is 29.2. The van der Waals surface area contributed by atoms with Crippen LogP contribution in [0, 0.1) is 6.92 Å². The van der Waals surface area contributed by atoms with Crippen LogP contribution in [0.1, 0.15) is 23.1 Å². The van der Waals surface area contributed by atoms with E-state index in [0.29, 0.717) is 31.5 Å². The lowest BCUT2D eigenvalue weighted by atomic mass is 10.00. The van der Waals surface area contributed by atoms with Gasteiger partial charge in [-0.2, -0.15) is 0 Å². The van der Waals surface area contributed by atoms with Crippen molar-refractivity contribution in [2.75, 3.05) is 16.2 Å². The maximum Gasteiger partial charge on any atom is 0.261 e. The van der Waals surface area contributed by atoms with Crippen LogP contribution in [0.15, 0.2) is 39.7 Å². The fourth-order valence-corrected chi connectivity index (χ4v) is 4.90. The lowest BCUT2D eigenvalue weighted by Gasteiger charge is -2.25. The second kappa shape index (κ2) is 5.85. The molecule has 0 fully saturated rings. The van der Waals surface area contributed by atoms with Gasteiger partial charge in [0, 0.05) is 23.1 Å². The summed E-state index contributed by atoms with van der Waals surface area (Å²) in [5, 5.41) is 0. The molecule has 2 aromatic rings. The van der Waals surface area contributed by atoms with Crippen molar-refractivity contribution in [3.63, 3.8) is 0 Å². The van der Waals surface area contributed by atoms with Crippen molar-refractivity contribution in [1.82, 2.24) is 0 Å². The summed E-state index contributed by atoms with van der Waals surface area (Å²) in [5.74, 6) is 0.130. The number of hydrogen-bond donors (Lipinski definition) is 1. The van der Waals surface area contributed by atoms with E-state index in [1.54, 1.807) is 29.2 Å². The van der Waals surface area contributed by atoms with E-state index in [-0.39, 0.29) is 10.8 Å². The number of carbonyl (C=O) groups excluding carboxylic acids is 1. The number of sulfonamides is 1. The van der Waals surface area contributed by atoms with Crippen LogP contribution in [0.25, 0.3) is 0 Å². The number of nitrogens with zero attached hydrogens (tertiary/aromatic N) is 1. The molecule has 5 nitrogen and oxygen atoms in total. The molecule has 2 heterocycles. The monoisotopic (exact) mass is 420 g/mol. The summed E-state index contributed by atoms with van der Waals surface area (Å²) >= 11 is 3.41. The zero-order valence-corrected chi connectivity index (χ0v) is 16.1. The minimum atomic E-state index is -3.67. The molecule has 25 heavy (non-hydrogen) atoms. The Kier molecular flexibility index (Phi) is 3.88. The van der Waals surface area contributed by atoms with E-state index in [2.05, 4.69) is 20.7 Å². The van der Waals surface area contributed by atoms with Crippen LogP contribution >= 0.6 is 15.9 Å². The van der Waals surface area contributed by atoms with E-state index >= 15 is 0 Å². The van der Waals surface area contributed by atoms with Gasteiger partial charge in [0.15, 0.2) is 0 Å². The lowest BCUT2D eigenvalue weighted by Crippen LogP contribution is -2.33. The van der Waals surface area contributed by atoms with Crippen molar-refractivity contribution < 1.29 is 13.2 Å². The third-order valence-electron chi connectivity index (χ3n) is 4.75. The third kappa shape index (κ3) is 2.85. The quantitative estimate of drug-likeness (QED) is 0.827. The summed E-state index contributed by atoms with van der Waals surface area (Å²) in [6, 6.07) is 8.75. The summed E-state index contributed by atoms with van der Waals surface area (Å²) in [5.41, 5.74) is 4.31. The maximum absolute atomic E-state index is 12.8. The molecular weight excluding hydrogens is 404 g/mol. The number of rotatable bonds is 3. The van der Waals surface area contributed by atoms with Crippen LogP contribution in [0.4, 0.5) is 11.4 Å². The molecule has 0 radical (unpaired) electrons. The number of nitrogens with one attached hydrogen (secondary N) is 1. The van der Waals surface area contributed by atoms with E-state index in [0.717, 1.165) is 26.9 Å². The molecule has 2 aliphatic rings. The van der Waals surface area contributed by atoms with Gasteiger partial charge in [-0.05, 0) is 66.8 Å². The Morgan fingerprint density at radius 1 is 1.08 bits per heavy atom. The van der Waals surface area contributed by atoms with Gasteiger partial charge in [0.2, 0.25) is 5.91 Å². The zero-order valence-electron chi connectivity index (χ0n) is 13.7. The first-order chi connectivity index (χ1) is 11.8. The van der Waals surface area contributed by atoms with Gasteiger partial charge in [0.05, 0.1) is 10.6 Å². The summed E-state index contributed by atoms with van der Waals surface area (Å²) in [7, 11) is -3.67. The predicted octanol–water partition coefficient (Wildman–Crippen LogP) is 3.39. The lowest BCUT2D eigenvalue weighted by molar-refractivity contribution is -0.118. The van der Waals surface area contributed by atoms with Gasteiger partial charge < -0.3 is 4.90 Å². The van der Waals surface area contributed by atoms with Crippen molar-refractivity contribution in [2.24, 2.45) is 0 Å². The molecule has 7 heteroatoms. The maximum atomic E-state index is 12.8. The SMILES string of the molecule is Cc1cc(NS(=O)(=O)c2cc3c4c(c2)CCN4C(=O)CC3)ccc1Br. The first-order valence-corrected chi connectivity index (χ1v) is 10.4. The fraction of sp³-hybridized carbons (Fsp3) is 0.278. The molecule has 2 aliphatic heterocycles. The van der Waals surface area contributed by atoms with E-state index in [1.807, 2.05) is 13.0 Å². The number of carbonyl (C=O) groups is 1. The number of hydrogen-bond acceptors (Lipinski definition) is 3. The molecule has 0 bridgehead atoms. The number of anilines is 2. The highest BCUT2D eigenvalue weighted by atomic mass is 79.9. The van der Waals surface area contributed by atoms with Gasteiger partial charge >= 0.3 is 0 Å². The van der Waals surface area contributed by atoms with Crippen molar-refractivity contribution in [3.8, 4) is 0 Å². The summed E-state index contributed by atoms with van der Waals surface area (Å²) in [4.78, 5) is 14.0. The van der Waals surface area contributed by atoms with E-state index in [9.17, 15) is 13.2 Å². The Labute approximate surface area is 155 Å². The normalized spacial score (nSPS) is 16.1. The van der Waals surface area contributed by atoms with Gasteiger partial charge in [-0.1, -0.05) is 15.9 Å². The van der Waals surface area contributed by atoms with E-state index < -0.39 is 10.0 Å². The molecule has 0 unspecified atom stereocenters. The van der Waals surface area contributed by atoms with Gasteiger partial charge in [-0.25, -0.2) is 8.42 Å². The minimum absolute atomic E-state index is 0.130. The van der Waals surface area contributed by atoms with Crippen LogP contribution in [0.5, 0.6) is 0 Å². The zero-order chi connectivity index (χ0) is 17.8. The smallest absolute Gasteiger partial charge is 0.261 e. The third-order valence-corrected chi connectivity index (χ3v) is 7.00. The molecule has 2 aromatic carbocycles. The Bertz CT molecular complexity index is 1000. The Balaban J connectivity index is 1.72. The Morgan fingerprint density at radius 2 is 1.80 bits per heavy atom. The molecular formula is C18H17BrN2O3S. The Morgan fingerprint density at radius 3 is 2.52 bits per heavy atom. The predicted molar refractivity (Wildman–Crippen MR) is 101 cm³/mol. The molecule has 4 rings (SSSR count). The largest absolute Gasteiger partial charge is 0.312 e. The first kappa shape index (κ1) is 16.6. The van der Waals surface area contributed by atoms with Gasteiger partial charge in [0.1, 0.15) is 0 Å². The average Bonchev–Trinajstić information content (AvgIpc) is 2.99. The molecule has 1 N–H and O–H groups in total. The highest BCUT2D eigenvalue weighted by Gasteiger charge is 2.32. The number of benzene rings is 2. The number of halogens is 1. The van der Waals surface area contributed by atoms with Crippen molar-refractivity contribution in [3.05, 3.63) is 51.5 Å². The van der Waals surface area contributed by atoms with Crippen LogP contribution in [-0.2, 0) is 27.7 Å².